The Morgan fingerprint density at radius 2 is 1.81 bits per heavy atom. The molecule has 0 radical (unpaired) electrons. The van der Waals surface area contributed by atoms with Crippen molar-refractivity contribution in [3.63, 3.8) is 0 Å². The van der Waals surface area contributed by atoms with Crippen LogP contribution in [-0.4, -0.2) is 81.6 Å². The minimum Gasteiger partial charge on any atom is -0.412 e. The third-order valence-electron chi connectivity index (χ3n) is 7.69. The Bertz CT molecular complexity index is 1080. The van der Waals surface area contributed by atoms with Gasteiger partial charge in [-0.25, -0.2) is 14.4 Å². The Morgan fingerprint density at radius 1 is 1.11 bits per heavy atom. The Labute approximate surface area is 214 Å². The highest BCUT2D eigenvalue weighted by atomic mass is 28.4. The summed E-state index contributed by atoms with van der Waals surface area (Å²) in [7, 11) is -0.293. The van der Waals surface area contributed by atoms with Crippen molar-refractivity contribution in [3.8, 4) is 0 Å². The lowest BCUT2D eigenvalue weighted by atomic mass is 10.1. The monoisotopic (exact) mass is 515 g/mol. The third kappa shape index (κ3) is 5.55. The van der Waals surface area contributed by atoms with Crippen LogP contribution in [0.25, 0.3) is 0 Å². The molecule has 1 aromatic carbocycles. The summed E-state index contributed by atoms with van der Waals surface area (Å²) in [5.74, 6) is 0.186. The van der Waals surface area contributed by atoms with Gasteiger partial charge in [0, 0.05) is 58.1 Å². The summed E-state index contributed by atoms with van der Waals surface area (Å²) in [5, 5.41) is 0.0655. The lowest BCUT2D eigenvalue weighted by molar-refractivity contribution is 0.0737. The molecule has 2 aliphatic heterocycles. The average Bonchev–Trinajstić information content (AvgIpc) is 2.82. The summed E-state index contributed by atoms with van der Waals surface area (Å²) >= 11 is 0. The van der Waals surface area contributed by atoms with Crippen molar-refractivity contribution >= 4 is 25.9 Å². The lowest BCUT2D eigenvalue weighted by Gasteiger charge is -2.38. The van der Waals surface area contributed by atoms with E-state index in [1.165, 1.54) is 0 Å². The number of piperazine rings is 1. The maximum Gasteiger partial charge on any atom is 0.272 e. The number of amides is 1. The van der Waals surface area contributed by atoms with Gasteiger partial charge >= 0.3 is 0 Å². The molecule has 36 heavy (non-hydrogen) atoms. The van der Waals surface area contributed by atoms with E-state index in [9.17, 15) is 4.79 Å². The van der Waals surface area contributed by atoms with Crippen LogP contribution in [0.1, 0.15) is 36.8 Å². The van der Waals surface area contributed by atoms with Crippen molar-refractivity contribution in [1.82, 2.24) is 14.9 Å². The number of methoxy groups -OCH3 is 1. The summed E-state index contributed by atoms with van der Waals surface area (Å²) < 4.78 is 27.0. The van der Waals surface area contributed by atoms with Crippen LogP contribution in [-0.2, 0) is 15.8 Å². The molecule has 0 atom stereocenters. The summed E-state index contributed by atoms with van der Waals surface area (Å²) in [5.41, 5.74) is 1.52. The largest absolute Gasteiger partial charge is 0.412 e. The highest BCUT2D eigenvalue weighted by molar-refractivity contribution is 6.74. The SMILES string of the molecule is COC1CN(c2nccc(C(=O)N3CCN(c4cccc(CO[Si](C)(C)C(C)(C)C)c4F)CC3)n2)C1. The third-order valence-corrected chi connectivity index (χ3v) is 12.2. The predicted molar refractivity (Wildman–Crippen MR) is 142 cm³/mol. The maximum atomic E-state index is 15.4. The fourth-order valence-corrected chi connectivity index (χ4v) is 5.03. The fourth-order valence-electron chi connectivity index (χ4n) is 4.08. The first-order valence-corrected chi connectivity index (χ1v) is 15.5. The molecule has 0 saturated carbocycles. The molecule has 0 spiro atoms. The first-order chi connectivity index (χ1) is 17.0. The lowest BCUT2D eigenvalue weighted by Crippen LogP contribution is -2.53. The van der Waals surface area contributed by atoms with E-state index >= 15 is 4.39 Å². The zero-order valence-electron chi connectivity index (χ0n) is 22.3. The number of hydrogen-bond donors (Lipinski definition) is 0. The Balaban J connectivity index is 1.37. The van der Waals surface area contributed by atoms with Gasteiger partial charge in [-0.3, -0.25) is 4.79 Å². The number of carbonyl (C=O) groups excluding carboxylic acids is 1. The molecule has 1 aromatic heterocycles. The Kier molecular flexibility index (Phi) is 7.68. The van der Waals surface area contributed by atoms with E-state index in [2.05, 4.69) is 43.8 Å². The smallest absolute Gasteiger partial charge is 0.272 e. The van der Waals surface area contributed by atoms with E-state index in [1.807, 2.05) is 15.9 Å². The number of rotatable bonds is 7. The summed E-state index contributed by atoms with van der Waals surface area (Å²) in [6, 6.07) is 7.13. The van der Waals surface area contributed by atoms with E-state index in [-0.39, 0.29) is 29.5 Å². The minimum absolute atomic E-state index is 0.0655. The molecule has 2 aliphatic rings. The molecule has 10 heteroatoms. The molecule has 4 rings (SSSR count). The highest BCUT2D eigenvalue weighted by Gasteiger charge is 2.37. The first kappa shape index (κ1) is 26.5. The number of benzene rings is 1. The van der Waals surface area contributed by atoms with Gasteiger partial charge in [-0.1, -0.05) is 32.9 Å². The molecule has 2 fully saturated rings. The quantitative estimate of drug-likeness (QED) is 0.518. The number of ether oxygens (including phenoxy) is 1. The van der Waals surface area contributed by atoms with Crippen molar-refractivity contribution < 1.29 is 18.3 Å². The number of carbonyl (C=O) groups is 1. The van der Waals surface area contributed by atoms with Gasteiger partial charge in [-0.15, -0.1) is 0 Å². The number of halogens is 1. The zero-order valence-corrected chi connectivity index (χ0v) is 23.3. The topological polar surface area (TPSA) is 71.0 Å². The summed E-state index contributed by atoms with van der Waals surface area (Å²) in [4.78, 5) is 27.7. The molecular formula is C26H38FN5O3Si. The molecule has 0 bridgehead atoms. The van der Waals surface area contributed by atoms with Crippen LogP contribution in [0.4, 0.5) is 16.0 Å². The Hall–Kier alpha value is -2.56. The average molecular weight is 516 g/mol. The van der Waals surface area contributed by atoms with Gasteiger partial charge in [0.2, 0.25) is 5.95 Å². The van der Waals surface area contributed by atoms with E-state index in [1.54, 1.807) is 36.4 Å². The maximum absolute atomic E-state index is 15.4. The van der Waals surface area contributed by atoms with Crippen LogP contribution in [0.3, 0.4) is 0 Å². The van der Waals surface area contributed by atoms with Gasteiger partial charge in [-0.2, -0.15) is 0 Å². The van der Waals surface area contributed by atoms with E-state index in [0.29, 0.717) is 49.1 Å². The predicted octanol–water partition coefficient (Wildman–Crippen LogP) is 3.93. The number of nitrogens with zero attached hydrogens (tertiary/aromatic N) is 5. The first-order valence-electron chi connectivity index (χ1n) is 12.6. The normalized spacial score (nSPS) is 17.4. The number of aromatic nitrogens is 2. The van der Waals surface area contributed by atoms with Gasteiger partial charge in [0.25, 0.3) is 5.91 Å². The van der Waals surface area contributed by atoms with Crippen LogP contribution in [0, 0.1) is 5.82 Å². The summed E-state index contributed by atoms with van der Waals surface area (Å²) in [6.45, 7) is 14.7. The molecule has 196 valence electrons. The second kappa shape index (κ2) is 10.4. The summed E-state index contributed by atoms with van der Waals surface area (Å²) in [6.07, 6.45) is 1.80. The number of anilines is 2. The second-order valence-corrected chi connectivity index (χ2v) is 15.9. The van der Waals surface area contributed by atoms with Gasteiger partial charge in [0.1, 0.15) is 5.69 Å². The number of hydrogen-bond acceptors (Lipinski definition) is 7. The minimum atomic E-state index is -1.98. The molecule has 1 amide bonds. The van der Waals surface area contributed by atoms with Crippen molar-refractivity contribution in [2.75, 3.05) is 56.2 Å². The van der Waals surface area contributed by atoms with Crippen LogP contribution in [0.15, 0.2) is 30.5 Å². The van der Waals surface area contributed by atoms with E-state index in [0.717, 1.165) is 13.1 Å². The van der Waals surface area contributed by atoms with Gasteiger partial charge in [0.15, 0.2) is 14.1 Å². The van der Waals surface area contributed by atoms with Gasteiger partial charge in [0.05, 0.1) is 18.4 Å². The molecule has 3 heterocycles. The molecule has 0 N–H and O–H groups in total. The van der Waals surface area contributed by atoms with E-state index in [4.69, 9.17) is 9.16 Å². The van der Waals surface area contributed by atoms with Gasteiger partial charge < -0.3 is 23.9 Å². The Morgan fingerprint density at radius 3 is 2.44 bits per heavy atom. The zero-order chi connectivity index (χ0) is 26.1. The molecular weight excluding hydrogens is 477 g/mol. The van der Waals surface area contributed by atoms with Crippen LogP contribution < -0.4 is 9.80 Å². The molecule has 8 nitrogen and oxygen atoms in total. The van der Waals surface area contributed by atoms with Crippen molar-refractivity contribution in [3.05, 3.63) is 47.5 Å². The van der Waals surface area contributed by atoms with E-state index < -0.39 is 8.32 Å². The van der Waals surface area contributed by atoms with Crippen LogP contribution in [0.2, 0.25) is 18.1 Å². The van der Waals surface area contributed by atoms with Crippen LogP contribution >= 0.6 is 0 Å². The highest BCUT2D eigenvalue weighted by Crippen LogP contribution is 2.37. The van der Waals surface area contributed by atoms with Crippen molar-refractivity contribution in [1.29, 1.82) is 0 Å². The standard InChI is InChI=1S/C26H38FN5O3Si/c1-26(2,3)36(5,6)35-18-19-8-7-9-22(23(19)27)30-12-14-31(15-13-30)24(33)21-10-11-28-25(29-21)32-16-20(17-32)34-4/h7-11,20H,12-18H2,1-6H3. The van der Waals surface area contributed by atoms with Crippen molar-refractivity contribution in [2.24, 2.45) is 0 Å². The molecule has 0 unspecified atom stereocenters. The van der Waals surface area contributed by atoms with Crippen LogP contribution in [0.5, 0.6) is 0 Å². The molecule has 2 saturated heterocycles. The molecule has 0 aliphatic carbocycles. The fraction of sp³-hybridized carbons (Fsp3) is 0.577. The second-order valence-electron chi connectivity index (χ2n) is 11.1. The van der Waals surface area contributed by atoms with Gasteiger partial charge in [-0.05, 0) is 30.3 Å². The van der Waals surface area contributed by atoms with Crippen molar-refractivity contribution in [2.45, 2.75) is 51.6 Å². The molecule has 2 aromatic rings.